The van der Waals surface area contributed by atoms with E-state index in [-0.39, 0.29) is 23.9 Å². The molecule has 4 unspecified atom stereocenters. The second-order valence-corrected chi connectivity index (χ2v) is 7.69. The number of carbonyl (C=O) groups is 2. The number of Topliss-reactive ketones (excluding diaryl/α,β-unsaturated/α-hetero) is 1. The number of carbonyl (C=O) groups excluding carboxylic acids is 2. The van der Waals surface area contributed by atoms with E-state index in [0.717, 1.165) is 11.1 Å². The van der Waals surface area contributed by atoms with Crippen LogP contribution in [0.15, 0.2) is 46.8 Å². The van der Waals surface area contributed by atoms with Gasteiger partial charge < -0.3 is 14.9 Å². The van der Waals surface area contributed by atoms with Gasteiger partial charge in [0, 0.05) is 17.9 Å². The summed E-state index contributed by atoms with van der Waals surface area (Å²) in [6.07, 6.45) is 7.93. The normalized spacial score (nSPS) is 22.5. The Labute approximate surface area is 168 Å². The summed E-state index contributed by atoms with van der Waals surface area (Å²) in [6, 6.07) is 0. The number of ketones is 1. The Morgan fingerprint density at radius 2 is 1.89 bits per heavy atom. The molecule has 0 saturated heterocycles. The standard InChI is InChI=1S/C23H34O5/c1-7-15(3)21(25)16(4)10-8-9-14(2)11-12-19(24)13-20-17(5)22(26)18(6)23(27)28-20/h7-10,16,18-19,21,24-25H,11-13H2,1-6H3/b10-8+,14-9+,15-7+. The molecule has 0 spiro atoms. The number of rotatable bonds is 9. The van der Waals surface area contributed by atoms with Crippen LogP contribution in [0.4, 0.5) is 0 Å². The zero-order valence-electron chi connectivity index (χ0n) is 17.9. The molecule has 0 aromatic carbocycles. The van der Waals surface area contributed by atoms with Crippen molar-refractivity contribution in [3.63, 3.8) is 0 Å². The largest absolute Gasteiger partial charge is 0.430 e. The van der Waals surface area contributed by atoms with Gasteiger partial charge in [0.05, 0.1) is 12.2 Å². The van der Waals surface area contributed by atoms with Gasteiger partial charge in [0.15, 0.2) is 5.78 Å². The van der Waals surface area contributed by atoms with Crippen molar-refractivity contribution in [2.75, 3.05) is 0 Å². The Morgan fingerprint density at radius 3 is 2.50 bits per heavy atom. The number of esters is 1. The Bertz CT molecular complexity index is 696. The fourth-order valence-corrected chi connectivity index (χ4v) is 2.93. The summed E-state index contributed by atoms with van der Waals surface area (Å²) in [5, 5.41) is 20.4. The van der Waals surface area contributed by atoms with Crippen molar-refractivity contribution >= 4 is 11.8 Å². The SMILES string of the molecule is C/C=C(\C)C(O)C(C)/C=C/C=C(\C)CCC(O)CC1=C(C)C(=O)C(C)C(=O)O1. The molecule has 1 aliphatic heterocycles. The molecule has 28 heavy (non-hydrogen) atoms. The molecule has 2 N–H and O–H groups in total. The third-order valence-corrected chi connectivity index (χ3v) is 5.27. The van der Waals surface area contributed by atoms with Crippen LogP contribution in [0.1, 0.15) is 60.8 Å². The molecular formula is C23H34O5. The molecule has 0 saturated carbocycles. The van der Waals surface area contributed by atoms with E-state index in [1.54, 1.807) is 6.92 Å². The van der Waals surface area contributed by atoms with Crippen molar-refractivity contribution < 1.29 is 24.5 Å². The maximum absolute atomic E-state index is 12.0. The zero-order valence-corrected chi connectivity index (χ0v) is 17.9. The van der Waals surface area contributed by atoms with Gasteiger partial charge in [0.1, 0.15) is 11.7 Å². The van der Waals surface area contributed by atoms with Crippen molar-refractivity contribution in [2.45, 2.75) is 73.0 Å². The number of hydrogen-bond acceptors (Lipinski definition) is 5. The van der Waals surface area contributed by atoms with Gasteiger partial charge in [-0.1, -0.05) is 36.8 Å². The van der Waals surface area contributed by atoms with Gasteiger partial charge in [-0.2, -0.15) is 0 Å². The molecule has 1 aliphatic rings. The van der Waals surface area contributed by atoms with Crippen LogP contribution < -0.4 is 0 Å². The molecule has 0 aromatic heterocycles. The number of hydrogen-bond donors (Lipinski definition) is 2. The number of aliphatic hydroxyl groups is 2. The molecule has 1 rings (SSSR count). The second-order valence-electron chi connectivity index (χ2n) is 7.69. The van der Waals surface area contributed by atoms with Crippen LogP contribution in [0, 0.1) is 11.8 Å². The minimum Gasteiger partial charge on any atom is -0.430 e. The molecule has 0 aliphatic carbocycles. The lowest BCUT2D eigenvalue weighted by molar-refractivity contribution is -0.149. The predicted octanol–water partition coefficient (Wildman–Crippen LogP) is 4.02. The molecule has 5 nitrogen and oxygen atoms in total. The van der Waals surface area contributed by atoms with Crippen LogP contribution in [0.2, 0.25) is 0 Å². The lowest BCUT2D eigenvalue weighted by Crippen LogP contribution is -2.31. The first kappa shape index (κ1) is 24.1. The summed E-state index contributed by atoms with van der Waals surface area (Å²) in [5.74, 6) is -1.26. The maximum Gasteiger partial charge on any atom is 0.321 e. The minimum atomic E-state index is -0.768. The van der Waals surface area contributed by atoms with Crippen LogP contribution in [0.5, 0.6) is 0 Å². The van der Waals surface area contributed by atoms with Crippen molar-refractivity contribution in [1.82, 2.24) is 0 Å². The molecule has 0 fully saturated rings. The van der Waals surface area contributed by atoms with E-state index in [4.69, 9.17) is 4.74 Å². The highest BCUT2D eigenvalue weighted by Gasteiger charge is 2.33. The van der Waals surface area contributed by atoms with Crippen molar-refractivity contribution in [3.05, 3.63) is 46.8 Å². The smallest absolute Gasteiger partial charge is 0.321 e. The fourth-order valence-electron chi connectivity index (χ4n) is 2.93. The van der Waals surface area contributed by atoms with E-state index in [1.165, 1.54) is 6.92 Å². The van der Waals surface area contributed by atoms with Gasteiger partial charge in [-0.3, -0.25) is 9.59 Å². The van der Waals surface area contributed by atoms with Crippen LogP contribution in [-0.4, -0.2) is 34.2 Å². The zero-order chi connectivity index (χ0) is 21.4. The molecule has 0 radical (unpaired) electrons. The van der Waals surface area contributed by atoms with Gasteiger partial charge in [0.25, 0.3) is 0 Å². The molecule has 0 aromatic rings. The first-order chi connectivity index (χ1) is 13.1. The molecule has 5 heteroatoms. The van der Waals surface area contributed by atoms with Crippen LogP contribution in [0.25, 0.3) is 0 Å². The van der Waals surface area contributed by atoms with E-state index in [1.807, 2.05) is 52.0 Å². The Balaban J connectivity index is 2.55. The summed E-state index contributed by atoms with van der Waals surface area (Å²) in [6.45, 7) is 10.9. The van der Waals surface area contributed by atoms with Crippen molar-refractivity contribution in [1.29, 1.82) is 0 Å². The Morgan fingerprint density at radius 1 is 1.25 bits per heavy atom. The molecule has 0 amide bonds. The average Bonchev–Trinajstić information content (AvgIpc) is 2.67. The molecule has 4 atom stereocenters. The predicted molar refractivity (Wildman–Crippen MR) is 110 cm³/mol. The lowest BCUT2D eigenvalue weighted by Gasteiger charge is -2.22. The molecule has 0 bridgehead atoms. The monoisotopic (exact) mass is 390 g/mol. The number of ether oxygens (including phenoxy) is 1. The topological polar surface area (TPSA) is 83.8 Å². The molecular weight excluding hydrogens is 356 g/mol. The van der Waals surface area contributed by atoms with E-state index in [9.17, 15) is 19.8 Å². The highest BCUT2D eigenvalue weighted by Crippen LogP contribution is 2.25. The van der Waals surface area contributed by atoms with E-state index < -0.39 is 24.1 Å². The minimum absolute atomic E-state index is 0.0154. The molecule has 1 heterocycles. The molecule has 156 valence electrons. The van der Waals surface area contributed by atoms with Crippen molar-refractivity contribution in [3.8, 4) is 0 Å². The van der Waals surface area contributed by atoms with Crippen LogP contribution in [-0.2, 0) is 14.3 Å². The summed E-state index contributed by atoms with van der Waals surface area (Å²) >= 11 is 0. The van der Waals surface area contributed by atoms with E-state index in [0.29, 0.717) is 18.4 Å². The maximum atomic E-state index is 12.0. The first-order valence-electron chi connectivity index (χ1n) is 9.87. The second kappa shape index (κ2) is 11.1. The summed E-state index contributed by atoms with van der Waals surface area (Å²) in [4.78, 5) is 23.7. The van der Waals surface area contributed by atoms with Gasteiger partial charge in [-0.15, -0.1) is 0 Å². The Hall–Kier alpha value is -1.98. The Kier molecular flexibility index (Phi) is 9.56. The fraction of sp³-hybridized carbons (Fsp3) is 0.565. The number of allylic oxidation sites excluding steroid dienone is 5. The third-order valence-electron chi connectivity index (χ3n) is 5.27. The first-order valence-corrected chi connectivity index (χ1v) is 9.87. The van der Waals surface area contributed by atoms with Gasteiger partial charge >= 0.3 is 5.97 Å². The summed E-state index contributed by atoms with van der Waals surface area (Å²) in [7, 11) is 0. The highest BCUT2D eigenvalue weighted by atomic mass is 16.5. The third kappa shape index (κ3) is 6.88. The van der Waals surface area contributed by atoms with E-state index in [2.05, 4.69) is 0 Å². The average molecular weight is 391 g/mol. The summed E-state index contributed by atoms with van der Waals surface area (Å²) in [5.41, 5.74) is 2.46. The highest BCUT2D eigenvalue weighted by molar-refractivity contribution is 6.10. The van der Waals surface area contributed by atoms with Gasteiger partial charge in [-0.05, 0) is 53.0 Å². The lowest BCUT2D eigenvalue weighted by atomic mass is 9.94. The van der Waals surface area contributed by atoms with Crippen LogP contribution in [0.3, 0.4) is 0 Å². The number of aliphatic hydroxyl groups excluding tert-OH is 2. The number of cyclic esters (lactones) is 1. The van der Waals surface area contributed by atoms with Crippen LogP contribution >= 0.6 is 0 Å². The quantitative estimate of drug-likeness (QED) is 0.269. The van der Waals surface area contributed by atoms with Crippen molar-refractivity contribution in [2.24, 2.45) is 11.8 Å². The van der Waals surface area contributed by atoms with E-state index >= 15 is 0 Å². The van der Waals surface area contributed by atoms with Gasteiger partial charge in [0.2, 0.25) is 0 Å². The van der Waals surface area contributed by atoms with Gasteiger partial charge in [-0.25, -0.2) is 0 Å². The summed E-state index contributed by atoms with van der Waals surface area (Å²) < 4.78 is 5.21.